The van der Waals surface area contributed by atoms with Crippen molar-refractivity contribution in [3.8, 4) is 0 Å². The van der Waals surface area contributed by atoms with Crippen molar-refractivity contribution in [2.24, 2.45) is 5.92 Å². The van der Waals surface area contributed by atoms with Gasteiger partial charge in [-0.15, -0.1) is 0 Å². The smallest absolute Gasteiger partial charge is 0.324 e. The fourth-order valence-corrected chi connectivity index (χ4v) is 3.95. The third-order valence-corrected chi connectivity index (χ3v) is 4.78. The van der Waals surface area contributed by atoms with Gasteiger partial charge in [-0.3, -0.25) is 10.1 Å². The molecule has 16 heavy (non-hydrogen) atoms. The number of hydrogen-bond donors (Lipinski definition) is 1. The van der Waals surface area contributed by atoms with Crippen molar-refractivity contribution in [2.75, 3.05) is 24.6 Å². The number of sulfone groups is 1. The van der Waals surface area contributed by atoms with E-state index in [2.05, 4.69) is 5.32 Å². The van der Waals surface area contributed by atoms with Crippen LogP contribution in [0.1, 0.15) is 12.8 Å². The summed E-state index contributed by atoms with van der Waals surface area (Å²) in [6, 6.07) is -0.402. The Morgan fingerprint density at radius 2 is 2.12 bits per heavy atom. The summed E-state index contributed by atoms with van der Waals surface area (Å²) in [5, 5.41) is 2.22. The maximum absolute atomic E-state index is 11.4. The minimum absolute atomic E-state index is 0.0175. The van der Waals surface area contributed by atoms with E-state index in [-0.39, 0.29) is 23.3 Å². The fraction of sp³-hybridized carbons (Fsp3) is 0.778. The average Bonchev–Trinajstić information content (AvgIpc) is 2.51. The molecule has 2 saturated heterocycles. The van der Waals surface area contributed by atoms with Gasteiger partial charge in [0, 0.05) is 19.5 Å². The van der Waals surface area contributed by atoms with Crippen molar-refractivity contribution in [3.63, 3.8) is 0 Å². The molecule has 7 heteroatoms. The number of hydrogen-bond acceptors (Lipinski definition) is 4. The van der Waals surface area contributed by atoms with Crippen LogP contribution in [0.5, 0.6) is 0 Å². The Hall–Kier alpha value is -1.11. The summed E-state index contributed by atoms with van der Waals surface area (Å²) in [7, 11) is -2.90. The Balaban J connectivity index is 1.91. The van der Waals surface area contributed by atoms with E-state index in [9.17, 15) is 18.0 Å². The van der Waals surface area contributed by atoms with Gasteiger partial charge in [0.1, 0.15) is 0 Å². The average molecular weight is 246 g/mol. The van der Waals surface area contributed by atoms with E-state index in [4.69, 9.17) is 0 Å². The molecular weight excluding hydrogens is 232 g/mol. The highest BCUT2D eigenvalue weighted by molar-refractivity contribution is 7.91. The predicted octanol–water partition coefficient (Wildman–Crippen LogP) is -0.637. The second-order valence-electron chi connectivity index (χ2n) is 4.32. The Bertz CT molecular complexity index is 417. The molecule has 0 aromatic carbocycles. The second kappa shape index (κ2) is 4.04. The molecule has 0 spiro atoms. The molecule has 1 unspecified atom stereocenters. The zero-order valence-electron chi connectivity index (χ0n) is 8.81. The first-order valence-electron chi connectivity index (χ1n) is 5.25. The van der Waals surface area contributed by atoms with Crippen molar-refractivity contribution in [1.82, 2.24) is 10.2 Å². The maximum atomic E-state index is 11.4. The van der Waals surface area contributed by atoms with Gasteiger partial charge >= 0.3 is 6.03 Å². The van der Waals surface area contributed by atoms with Crippen LogP contribution in [0.3, 0.4) is 0 Å². The number of amides is 3. The highest BCUT2D eigenvalue weighted by Gasteiger charge is 2.32. The third-order valence-electron chi connectivity index (χ3n) is 2.95. The van der Waals surface area contributed by atoms with Crippen LogP contribution >= 0.6 is 0 Å². The van der Waals surface area contributed by atoms with Crippen LogP contribution in [-0.2, 0) is 14.6 Å². The Labute approximate surface area is 93.9 Å². The standard InChI is InChI=1S/C9H14N2O4S/c12-8-1-3-11(9(13)10-8)5-7-2-4-16(14,15)6-7/h7H,1-6H2,(H,10,12,13). The number of rotatable bonds is 2. The number of nitrogens with one attached hydrogen (secondary N) is 1. The molecule has 0 bridgehead atoms. The maximum Gasteiger partial charge on any atom is 0.324 e. The number of carbonyl (C=O) groups is 2. The lowest BCUT2D eigenvalue weighted by Crippen LogP contribution is -2.50. The van der Waals surface area contributed by atoms with Gasteiger partial charge in [0.15, 0.2) is 9.84 Å². The zero-order valence-corrected chi connectivity index (χ0v) is 9.62. The molecule has 3 amide bonds. The minimum atomic E-state index is -2.90. The van der Waals surface area contributed by atoms with Crippen LogP contribution < -0.4 is 5.32 Å². The molecule has 90 valence electrons. The summed E-state index contributed by atoms with van der Waals surface area (Å²) in [4.78, 5) is 23.8. The molecule has 0 aromatic heterocycles. The van der Waals surface area contributed by atoms with E-state index in [1.807, 2.05) is 0 Å². The largest absolute Gasteiger partial charge is 0.324 e. The molecule has 0 aromatic rings. The molecule has 2 fully saturated rings. The van der Waals surface area contributed by atoms with E-state index >= 15 is 0 Å². The topological polar surface area (TPSA) is 83.6 Å². The lowest BCUT2D eigenvalue weighted by Gasteiger charge is -2.28. The summed E-state index contributed by atoms with van der Waals surface area (Å²) >= 11 is 0. The van der Waals surface area contributed by atoms with E-state index in [1.165, 1.54) is 4.90 Å². The van der Waals surface area contributed by atoms with Crippen LogP contribution in [0.2, 0.25) is 0 Å². The van der Waals surface area contributed by atoms with E-state index < -0.39 is 15.9 Å². The van der Waals surface area contributed by atoms with Gasteiger partial charge < -0.3 is 4.90 Å². The fourth-order valence-electron chi connectivity index (χ4n) is 2.10. The quantitative estimate of drug-likeness (QED) is 0.702. The molecule has 0 saturated carbocycles. The van der Waals surface area contributed by atoms with E-state index in [0.29, 0.717) is 25.9 Å². The summed E-state index contributed by atoms with van der Waals surface area (Å²) < 4.78 is 22.5. The van der Waals surface area contributed by atoms with Gasteiger partial charge in [-0.2, -0.15) is 0 Å². The molecular formula is C9H14N2O4S. The molecule has 1 N–H and O–H groups in total. The molecule has 6 nitrogen and oxygen atoms in total. The van der Waals surface area contributed by atoms with Crippen molar-refractivity contribution in [2.45, 2.75) is 12.8 Å². The van der Waals surface area contributed by atoms with Gasteiger partial charge in [-0.1, -0.05) is 0 Å². The van der Waals surface area contributed by atoms with E-state index in [1.54, 1.807) is 0 Å². The van der Waals surface area contributed by atoms with Gasteiger partial charge in [-0.05, 0) is 12.3 Å². The molecule has 2 rings (SSSR count). The van der Waals surface area contributed by atoms with Gasteiger partial charge in [0.25, 0.3) is 0 Å². The molecule has 1 atom stereocenters. The van der Waals surface area contributed by atoms with Gasteiger partial charge in [0.05, 0.1) is 11.5 Å². The molecule has 0 aliphatic carbocycles. The molecule has 2 aliphatic heterocycles. The monoisotopic (exact) mass is 246 g/mol. The molecule has 2 aliphatic rings. The van der Waals surface area contributed by atoms with Crippen LogP contribution in [0.25, 0.3) is 0 Å². The highest BCUT2D eigenvalue weighted by atomic mass is 32.2. The number of carbonyl (C=O) groups excluding carboxylic acids is 2. The molecule has 0 radical (unpaired) electrons. The van der Waals surface area contributed by atoms with Gasteiger partial charge in [-0.25, -0.2) is 13.2 Å². The summed E-state index contributed by atoms with van der Waals surface area (Å²) in [6.07, 6.45) is 0.908. The Morgan fingerprint density at radius 1 is 1.38 bits per heavy atom. The highest BCUT2D eigenvalue weighted by Crippen LogP contribution is 2.20. The van der Waals surface area contributed by atoms with Crippen LogP contribution in [0, 0.1) is 5.92 Å². The van der Waals surface area contributed by atoms with Crippen molar-refractivity contribution < 1.29 is 18.0 Å². The Kier molecular flexibility index (Phi) is 2.88. The summed E-state index contributed by atoms with van der Waals surface area (Å²) in [5.74, 6) is 0.126. The first-order valence-corrected chi connectivity index (χ1v) is 7.07. The number of nitrogens with zero attached hydrogens (tertiary/aromatic N) is 1. The van der Waals surface area contributed by atoms with Crippen LogP contribution in [0.4, 0.5) is 4.79 Å². The van der Waals surface area contributed by atoms with Crippen LogP contribution in [0.15, 0.2) is 0 Å². The first kappa shape index (κ1) is 11.4. The van der Waals surface area contributed by atoms with Crippen LogP contribution in [-0.4, -0.2) is 49.9 Å². The molecule has 2 heterocycles. The second-order valence-corrected chi connectivity index (χ2v) is 6.55. The van der Waals surface area contributed by atoms with Crippen molar-refractivity contribution >= 4 is 21.8 Å². The minimum Gasteiger partial charge on any atom is -0.324 e. The summed E-state index contributed by atoms with van der Waals surface area (Å²) in [5.41, 5.74) is 0. The summed E-state index contributed by atoms with van der Waals surface area (Å²) in [6.45, 7) is 0.819. The number of imide groups is 1. The van der Waals surface area contributed by atoms with Crippen molar-refractivity contribution in [1.29, 1.82) is 0 Å². The third kappa shape index (κ3) is 2.52. The first-order chi connectivity index (χ1) is 7.46. The van der Waals surface area contributed by atoms with Crippen molar-refractivity contribution in [3.05, 3.63) is 0 Å². The zero-order chi connectivity index (χ0) is 11.8. The number of urea groups is 1. The van der Waals surface area contributed by atoms with Gasteiger partial charge in [0.2, 0.25) is 5.91 Å². The van der Waals surface area contributed by atoms with E-state index in [0.717, 1.165) is 0 Å². The lowest BCUT2D eigenvalue weighted by molar-refractivity contribution is -0.121. The SMILES string of the molecule is O=C1CCN(CC2CCS(=O)(=O)C2)C(=O)N1. The lowest BCUT2D eigenvalue weighted by atomic mass is 10.1. The normalized spacial score (nSPS) is 29.2. The predicted molar refractivity (Wildman–Crippen MR) is 56.5 cm³/mol. The Morgan fingerprint density at radius 3 is 2.69 bits per heavy atom.